The summed E-state index contributed by atoms with van der Waals surface area (Å²) in [5.74, 6) is -0.308. The van der Waals surface area contributed by atoms with Crippen LogP contribution in [-0.2, 0) is 15.1 Å². The zero-order valence-electron chi connectivity index (χ0n) is 22.0. The molecule has 9 nitrogen and oxygen atoms in total. The lowest BCUT2D eigenvalue weighted by molar-refractivity contribution is -0.123. The van der Waals surface area contributed by atoms with Crippen molar-refractivity contribution in [2.45, 2.75) is 70.3 Å². The smallest absolute Gasteiger partial charge is 0.223 e. The summed E-state index contributed by atoms with van der Waals surface area (Å²) in [7, 11) is 0. The number of ether oxygens (including phenoxy) is 2. The van der Waals surface area contributed by atoms with E-state index in [1.165, 1.54) is 12.3 Å². The van der Waals surface area contributed by atoms with E-state index in [0.717, 1.165) is 0 Å². The molecule has 0 amide bonds. The monoisotopic (exact) mass is 494 g/mol. The van der Waals surface area contributed by atoms with E-state index in [2.05, 4.69) is 20.3 Å². The molecule has 3 aromatic rings. The van der Waals surface area contributed by atoms with Crippen LogP contribution in [0.3, 0.4) is 0 Å². The van der Waals surface area contributed by atoms with Crippen molar-refractivity contribution in [1.29, 1.82) is 0 Å². The van der Waals surface area contributed by atoms with Gasteiger partial charge in [0.15, 0.2) is 12.1 Å². The van der Waals surface area contributed by atoms with Crippen molar-refractivity contribution in [3.05, 3.63) is 35.0 Å². The van der Waals surface area contributed by atoms with Gasteiger partial charge >= 0.3 is 0 Å². The molecular weight excluding hydrogens is 465 g/mol. The Morgan fingerprint density at radius 2 is 2.12 bits per heavy atom. The topological polar surface area (TPSA) is 115 Å². The van der Waals surface area contributed by atoms with Crippen molar-refractivity contribution in [3.63, 3.8) is 0 Å². The lowest BCUT2D eigenvalue weighted by Gasteiger charge is -2.32. The van der Waals surface area contributed by atoms with E-state index in [0.29, 0.717) is 16.9 Å². The Hall–Kier alpha value is -2.37. The van der Waals surface area contributed by atoms with Crippen LogP contribution in [0.2, 0.25) is 5.02 Å². The number of nitrogens with zero attached hydrogens (tertiary/aromatic N) is 4. The number of hydrogen-bond donors (Lipinski definition) is 3. The summed E-state index contributed by atoms with van der Waals surface area (Å²) in [6.07, 6.45) is -3.76. The van der Waals surface area contributed by atoms with E-state index < -0.39 is 48.9 Å². The maximum Gasteiger partial charge on any atom is 0.223 e. The molecule has 1 aromatic carbocycles. The van der Waals surface area contributed by atoms with Gasteiger partial charge in [-0.05, 0) is 39.8 Å². The first-order valence-corrected chi connectivity index (χ1v) is 11.2. The lowest BCUT2D eigenvalue weighted by atomic mass is 10.0. The second kappa shape index (κ2) is 8.39. The first-order valence-electron chi connectivity index (χ1n) is 12.4. The molecule has 34 heavy (non-hydrogen) atoms. The second-order valence-electron chi connectivity index (χ2n) is 9.19. The van der Waals surface area contributed by atoms with Crippen molar-refractivity contribution >= 4 is 28.6 Å². The standard InChI is InChI=1S/C23H27ClFN5O4/c1-10(2)30-15-6-11(5-13(25)19(15)28-21(30)23(3,4)32)18-12(24)8-26-22(29-18)27-14-7-17-33-9-16(34-17)20(14)31/h5-6,8,10,14,16-17,20,31-32H,7,9H2,1-4H3,(H,26,27,29)/t14?,16-,17-,20-/m0/s1/i7D,9D2/t7-,14?,16-,17-,20-. The van der Waals surface area contributed by atoms with Crippen molar-refractivity contribution in [2.24, 2.45) is 0 Å². The fourth-order valence-corrected chi connectivity index (χ4v) is 4.41. The zero-order chi connectivity index (χ0) is 27.0. The average molecular weight is 495 g/mol. The van der Waals surface area contributed by atoms with Gasteiger partial charge in [0, 0.05) is 19.4 Å². The molecule has 0 radical (unpaired) electrons. The number of aliphatic hydroxyl groups excluding tert-OH is 1. The van der Waals surface area contributed by atoms with Gasteiger partial charge in [-0.15, -0.1) is 0 Å². The fraction of sp³-hybridized carbons (Fsp3) is 0.522. The molecule has 11 heteroatoms. The van der Waals surface area contributed by atoms with Gasteiger partial charge in [0.25, 0.3) is 0 Å². The summed E-state index contributed by atoms with van der Waals surface area (Å²) in [5, 5.41) is 24.3. The molecule has 3 N–H and O–H groups in total. The van der Waals surface area contributed by atoms with Crippen LogP contribution in [0.25, 0.3) is 22.3 Å². The number of rotatable bonds is 5. The van der Waals surface area contributed by atoms with Gasteiger partial charge in [-0.1, -0.05) is 11.6 Å². The third-order valence-corrected chi connectivity index (χ3v) is 6.03. The summed E-state index contributed by atoms with van der Waals surface area (Å²) in [6.45, 7) is 4.71. The van der Waals surface area contributed by atoms with Crippen LogP contribution >= 0.6 is 11.6 Å². The molecule has 182 valence electrons. The van der Waals surface area contributed by atoms with Crippen molar-refractivity contribution in [2.75, 3.05) is 11.9 Å². The molecule has 2 aliphatic heterocycles. The van der Waals surface area contributed by atoms with E-state index in [4.69, 9.17) is 25.2 Å². The predicted molar refractivity (Wildman–Crippen MR) is 124 cm³/mol. The lowest BCUT2D eigenvalue weighted by Crippen LogP contribution is -2.48. The maximum atomic E-state index is 15.3. The quantitative estimate of drug-likeness (QED) is 0.494. The SMILES string of the molecule is [2H][C@H]1C(Nc2ncc(Cl)c(-c3cc(F)c4nc(C(C)(C)O)n(C(C)C)c4c3)n2)[C@H](O)[C@H]2O[C@@H]1OC2([2H])[2H]. The van der Waals surface area contributed by atoms with Gasteiger partial charge < -0.3 is 29.6 Å². The van der Waals surface area contributed by atoms with Crippen molar-refractivity contribution in [3.8, 4) is 11.3 Å². The molecule has 2 fully saturated rings. The second-order valence-corrected chi connectivity index (χ2v) is 9.60. The number of benzene rings is 1. The van der Waals surface area contributed by atoms with E-state index >= 15 is 4.39 Å². The molecule has 4 heterocycles. The molecular formula is C23H27ClFN5O4. The minimum Gasteiger partial charge on any atom is -0.388 e. The van der Waals surface area contributed by atoms with Gasteiger partial charge in [-0.2, -0.15) is 0 Å². The first kappa shape index (κ1) is 19.9. The molecule has 2 saturated heterocycles. The minimum absolute atomic E-state index is 0.00221. The third-order valence-electron chi connectivity index (χ3n) is 5.75. The fourth-order valence-electron chi connectivity index (χ4n) is 4.21. The van der Waals surface area contributed by atoms with Crippen molar-refractivity contribution in [1.82, 2.24) is 19.5 Å². The van der Waals surface area contributed by atoms with Gasteiger partial charge in [0.2, 0.25) is 5.95 Å². The highest BCUT2D eigenvalue weighted by molar-refractivity contribution is 6.33. The van der Waals surface area contributed by atoms with Crippen LogP contribution in [0.1, 0.15) is 50.1 Å². The highest BCUT2D eigenvalue weighted by Crippen LogP contribution is 2.35. The van der Waals surface area contributed by atoms with E-state index in [9.17, 15) is 10.2 Å². The first-order chi connectivity index (χ1) is 17.2. The number of anilines is 1. The Bertz CT molecular complexity index is 1370. The summed E-state index contributed by atoms with van der Waals surface area (Å²) < 4.78 is 51.6. The molecule has 1 unspecified atom stereocenters. The van der Waals surface area contributed by atoms with Crippen LogP contribution in [0.4, 0.5) is 10.3 Å². The van der Waals surface area contributed by atoms with Crippen LogP contribution in [0.5, 0.6) is 0 Å². The Morgan fingerprint density at radius 3 is 2.82 bits per heavy atom. The molecule has 0 aliphatic carbocycles. The Morgan fingerprint density at radius 1 is 1.35 bits per heavy atom. The highest BCUT2D eigenvalue weighted by Gasteiger charge is 2.43. The Balaban J connectivity index is 1.55. The van der Waals surface area contributed by atoms with E-state index in [1.807, 2.05) is 13.8 Å². The molecule has 2 bridgehead atoms. The minimum atomic E-state index is -2.25. The molecule has 5 atom stereocenters. The summed E-state index contributed by atoms with van der Waals surface area (Å²) in [5.41, 5.74) is -0.230. The summed E-state index contributed by atoms with van der Waals surface area (Å²) in [4.78, 5) is 12.9. The number of aliphatic hydroxyl groups is 2. The third kappa shape index (κ3) is 4.03. The molecule has 0 spiro atoms. The Kier molecular flexibility index (Phi) is 4.90. The van der Waals surface area contributed by atoms with Crippen molar-refractivity contribution < 1.29 is 28.2 Å². The maximum absolute atomic E-state index is 15.3. The molecule has 0 saturated carbocycles. The van der Waals surface area contributed by atoms with Gasteiger partial charge in [0.1, 0.15) is 29.2 Å². The Labute approximate surface area is 205 Å². The van der Waals surface area contributed by atoms with Gasteiger partial charge in [-0.25, -0.2) is 19.3 Å². The van der Waals surface area contributed by atoms with E-state index in [1.54, 1.807) is 24.5 Å². The highest BCUT2D eigenvalue weighted by atomic mass is 35.5. The van der Waals surface area contributed by atoms with Gasteiger partial charge in [0.05, 0.1) is 37.8 Å². The number of aromatic nitrogens is 4. The zero-order valence-corrected chi connectivity index (χ0v) is 19.7. The number of halogens is 2. The number of nitrogens with one attached hydrogen (secondary N) is 1. The summed E-state index contributed by atoms with van der Waals surface area (Å²) in [6, 6.07) is 1.77. The largest absolute Gasteiger partial charge is 0.388 e. The van der Waals surface area contributed by atoms with Crippen LogP contribution < -0.4 is 5.32 Å². The summed E-state index contributed by atoms with van der Waals surface area (Å²) >= 11 is 6.39. The molecule has 2 aliphatic rings. The van der Waals surface area contributed by atoms with Gasteiger partial charge in [-0.3, -0.25) is 0 Å². The number of hydrogen-bond acceptors (Lipinski definition) is 8. The van der Waals surface area contributed by atoms with Crippen LogP contribution in [-0.4, -0.2) is 60.8 Å². The average Bonchev–Trinajstić information content (AvgIpc) is 3.33. The predicted octanol–water partition coefficient (Wildman–Crippen LogP) is 3.38. The number of imidazole rings is 1. The normalized spacial score (nSPS) is 29.8. The molecule has 5 rings (SSSR count). The number of fused-ring (bicyclic) bond motifs is 3. The molecule has 2 aromatic heterocycles. The van der Waals surface area contributed by atoms with Crippen LogP contribution in [0, 0.1) is 5.82 Å². The van der Waals surface area contributed by atoms with Crippen LogP contribution in [0.15, 0.2) is 18.3 Å². The van der Waals surface area contributed by atoms with E-state index in [-0.39, 0.29) is 28.2 Å².